The minimum atomic E-state index is 0.0790. The van der Waals surface area contributed by atoms with E-state index in [-0.39, 0.29) is 11.6 Å². The molecule has 1 aliphatic heterocycles. The first kappa shape index (κ1) is 16.4. The van der Waals surface area contributed by atoms with E-state index < -0.39 is 0 Å². The molecule has 0 bridgehead atoms. The maximum absolute atomic E-state index is 13.2. The van der Waals surface area contributed by atoms with Gasteiger partial charge in [-0.2, -0.15) is 0 Å². The average molecular weight is 361 g/mol. The van der Waals surface area contributed by atoms with E-state index in [9.17, 15) is 4.79 Å². The SMILES string of the molecule is Cc1nccc(N2CCCC2c2nc3ccccc3c(=O)n2CC2CC2)n1. The number of aromatic nitrogens is 4. The third-order valence-electron chi connectivity index (χ3n) is 5.64. The molecule has 0 radical (unpaired) electrons. The number of para-hydroxylation sites is 1. The van der Waals surface area contributed by atoms with E-state index in [1.54, 1.807) is 6.20 Å². The number of benzene rings is 1. The summed E-state index contributed by atoms with van der Waals surface area (Å²) in [5, 5.41) is 0.712. The van der Waals surface area contributed by atoms with Crippen molar-refractivity contribution in [2.45, 2.75) is 45.2 Å². The molecule has 0 N–H and O–H groups in total. The van der Waals surface area contributed by atoms with E-state index in [1.165, 1.54) is 12.8 Å². The minimum absolute atomic E-state index is 0.0790. The Kier molecular flexibility index (Phi) is 3.92. The molecule has 2 aromatic heterocycles. The Bertz CT molecular complexity index is 1060. The standard InChI is InChI=1S/C21H23N5O/c1-14-22-11-10-19(23-14)25-12-4-7-18(25)20-24-17-6-3-2-5-16(17)21(27)26(20)13-15-8-9-15/h2-3,5-6,10-11,15,18H,4,7-9,12-13H2,1H3. The van der Waals surface area contributed by atoms with Crippen molar-refractivity contribution in [2.24, 2.45) is 5.92 Å². The molecular formula is C21H23N5O. The molecule has 1 saturated carbocycles. The van der Waals surface area contributed by atoms with E-state index in [2.05, 4.69) is 14.9 Å². The molecule has 3 heterocycles. The van der Waals surface area contributed by atoms with Crippen molar-refractivity contribution in [1.82, 2.24) is 19.5 Å². The number of anilines is 1. The number of aryl methyl sites for hydroxylation is 1. The van der Waals surface area contributed by atoms with Crippen molar-refractivity contribution < 1.29 is 0 Å². The first-order valence-electron chi connectivity index (χ1n) is 9.76. The number of rotatable bonds is 4. The molecule has 27 heavy (non-hydrogen) atoms. The van der Waals surface area contributed by atoms with Gasteiger partial charge in [0.15, 0.2) is 0 Å². The fourth-order valence-electron chi connectivity index (χ4n) is 4.09. The van der Waals surface area contributed by atoms with Gasteiger partial charge in [-0.15, -0.1) is 0 Å². The molecule has 1 aliphatic carbocycles. The van der Waals surface area contributed by atoms with Gasteiger partial charge in [-0.3, -0.25) is 9.36 Å². The number of nitrogens with zero attached hydrogens (tertiary/aromatic N) is 5. The van der Waals surface area contributed by atoms with Gasteiger partial charge in [-0.1, -0.05) is 12.1 Å². The zero-order valence-electron chi connectivity index (χ0n) is 15.5. The Labute approximate surface area is 157 Å². The first-order valence-corrected chi connectivity index (χ1v) is 9.76. The van der Waals surface area contributed by atoms with Gasteiger partial charge in [0.25, 0.3) is 5.56 Å². The molecule has 0 spiro atoms. The highest BCUT2D eigenvalue weighted by molar-refractivity contribution is 5.77. The highest BCUT2D eigenvalue weighted by Crippen LogP contribution is 2.36. The predicted molar refractivity (Wildman–Crippen MR) is 105 cm³/mol. The van der Waals surface area contributed by atoms with Crippen LogP contribution in [0, 0.1) is 12.8 Å². The van der Waals surface area contributed by atoms with Crippen molar-refractivity contribution in [2.75, 3.05) is 11.4 Å². The van der Waals surface area contributed by atoms with Crippen LogP contribution in [-0.2, 0) is 6.54 Å². The van der Waals surface area contributed by atoms with Crippen LogP contribution in [0.25, 0.3) is 10.9 Å². The zero-order valence-corrected chi connectivity index (χ0v) is 15.5. The lowest BCUT2D eigenvalue weighted by Gasteiger charge is -2.27. The lowest BCUT2D eigenvalue weighted by molar-refractivity contribution is 0.525. The molecule has 1 unspecified atom stereocenters. The number of fused-ring (bicyclic) bond motifs is 1. The largest absolute Gasteiger partial charge is 0.346 e. The smallest absolute Gasteiger partial charge is 0.261 e. The Morgan fingerprint density at radius 2 is 1.96 bits per heavy atom. The Hall–Kier alpha value is -2.76. The number of hydrogen-bond acceptors (Lipinski definition) is 5. The molecule has 5 rings (SSSR count). The molecule has 1 saturated heterocycles. The summed E-state index contributed by atoms with van der Waals surface area (Å²) in [7, 11) is 0. The van der Waals surface area contributed by atoms with E-state index in [4.69, 9.17) is 4.98 Å². The van der Waals surface area contributed by atoms with E-state index >= 15 is 0 Å². The second-order valence-electron chi connectivity index (χ2n) is 7.66. The van der Waals surface area contributed by atoms with Crippen molar-refractivity contribution in [3.05, 3.63) is 58.5 Å². The van der Waals surface area contributed by atoms with Gasteiger partial charge in [0, 0.05) is 19.3 Å². The average Bonchev–Trinajstić information content (AvgIpc) is 3.36. The summed E-state index contributed by atoms with van der Waals surface area (Å²) in [4.78, 5) is 29.3. The summed E-state index contributed by atoms with van der Waals surface area (Å²) in [5.74, 6) is 3.19. The third kappa shape index (κ3) is 2.99. The van der Waals surface area contributed by atoms with E-state index in [0.717, 1.165) is 48.9 Å². The zero-order chi connectivity index (χ0) is 18.4. The van der Waals surface area contributed by atoms with Crippen molar-refractivity contribution in [3.63, 3.8) is 0 Å². The number of hydrogen-bond donors (Lipinski definition) is 0. The van der Waals surface area contributed by atoms with Crippen LogP contribution in [0.3, 0.4) is 0 Å². The van der Waals surface area contributed by atoms with Gasteiger partial charge < -0.3 is 4.90 Å². The summed E-state index contributed by atoms with van der Waals surface area (Å²) in [6, 6.07) is 9.72. The maximum Gasteiger partial charge on any atom is 0.261 e. The maximum atomic E-state index is 13.2. The monoisotopic (exact) mass is 361 g/mol. The second-order valence-corrected chi connectivity index (χ2v) is 7.66. The lowest BCUT2D eigenvalue weighted by atomic mass is 10.1. The van der Waals surface area contributed by atoms with Gasteiger partial charge in [0.2, 0.25) is 0 Å². The van der Waals surface area contributed by atoms with Gasteiger partial charge in [0.05, 0.1) is 16.9 Å². The Balaban J connectivity index is 1.65. The van der Waals surface area contributed by atoms with Crippen LogP contribution in [0.2, 0.25) is 0 Å². The summed E-state index contributed by atoms with van der Waals surface area (Å²) >= 11 is 0. The fraction of sp³-hybridized carbons (Fsp3) is 0.429. The topological polar surface area (TPSA) is 63.9 Å². The predicted octanol–water partition coefficient (Wildman–Crippen LogP) is 3.25. The van der Waals surface area contributed by atoms with Crippen LogP contribution in [0.4, 0.5) is 5.82 Å². The van der Waals surface area contributed by atoms with E-state index in [1.807, 2.05) is 41.8 Å². The summed E-state index contributed by atoms with van der Waals surface area (Å²) in [6.07, 6.45) is 6.27. The summed E-state index contributed by atoms with van der Waals surface area (Å²) < 4.78 is 1.94. The first-order chi connectivity index (χ1) is 13.2. The van der Waals surface area contributed by atoms with Gasteiger partial charge >= 0.3 is 0 Å². The van der Waals surface area contributed by atoms with Crippen LogP contribution >= 0.6 is 0 Å². The van der Waals surface area contributed by atoms with Crippen LogP contribution in [0.15, 0.2) is 41.3 Å². The molecule has 1 atom stereocenters. The molecule has 3 aromatic rings. The minimum Gasteiger partial charge on any atom is -0.346 e. The highest BCUT2D eigenvalue weighted by Gasteiger charge is 2.33. The molecule has 6 nitrogen and oxygen atoms in total. The second kappa shape index (κ2) is 6.44. The van der Waals surface area contributed by atoms with Crippen LogP contribution in [-0.4, -0.2) is 26.1 Å². The third-order valence-corrected chi connectivity index (χ3v) is 5.64. The molecule has 1 aromatic carbocycles. The van der Waals surface area contributed by atoms with Gasteiger partial charge in [-0.25, -0.2) is 15.0 Å². The van der Waals surface area contributed by atoms with Crippen molar-refractivity contribution in [3.8, 4) is 0 Å². The van der Waals surface area contributed by atoms with Crippen molar-refractivity contribution >= 4 is 16.7 Å². The van der Waals surface area contributed by atoms with E-state index in [0.29, 0.717) is 11.3 Å². The Morgan fingerprint density at radius 1 is 1.11 bits per heavy atom. The van der Waals surface area contributed by atoms with Gasteiger partial charge in [0.1, 0.15) is 17.5 Å². The normalized spacial score (nSPS) is 19.7. The fourth-order valence-corrected chi connectivity index (χ4v) is 4.09. The molecule has 6 heteroatoms. The van der Waals surface area contributed by atoms with Crippen LogP contribution in [0.1, 0.15) is 43.4 Å². The summed E-state index contributed by atoms with van der Waals surface area (Å²) in [5.41, 5.74) is 0.878. The highest BCUT2D eigenvalue weighted by atomic mass is 16.1. The van der Waals surface area contributed by atoms with Crippen molar-refractivity contribution in [1.29, 1.82) is 0 Å². The molecule has 2 fully saturated rings. The molecule has 2 aliphatic rings. The van der Waals surface area contributed by atoms with Crippen LogP contribution < -0.4 is 10.5 Å². The molecular weight excluding hydrogens is 338 g/mol. The van der Waals surface area contributed by atoms with Gasteiger partial charge in [-0.05, 0) is 56.7 Å². The van der Waals surface area contributed by atoms with Crippen LogP contribution in [0.5, 0.6) is 0 Å². The quantitative estimate of drug-likeness (QED) is 0.714. The lowest BCUT2D eigenvalue weighted by Crippen LogP contribution is -2.33. The molecule has 0 amide bonds. The molecule has 138 valence electrons. The Morgan fingerprint density at radius 3 is 2.78 bits per heavy atom. The summed E-state index contributed by atoms with van der Waals surface area (Å²) in [6.45, 7) is 3.61.